The third-order valence-corrected chi connectivity index (χ3v) is 12.2. The molecule has 0 atom stereocenters. The van der Waals surface area contributed by atoms with Crippen molar-refractivity contribution in [3.05, 3.63) is 170 Å². The Morgan fingerprint density at radius 1 is 0.453 bits per heavy atom. The highest BCUT2D eigenvalue weighted by Gasteiger charge is 2.30. The third-order valence-electron chi connectivity index (χ3n) is 11.1. The molecule has 1 N–H and O–H groups in total. The number of hydrogen-bond acceptors (Lipinski definition) is 2. The van der Waals surface area contributed by atoms with Crippen LogP contribution in [0.5, 0.6) is 0 Å². The molecule has 0 fully saturated rings. The molecular formula is C48H29BN3S. The number of hydrogen-bond donors (Lipinski definition) is 1. The van der Waals surface area contributed by atoms with E-state index in [2.05, 4.69) is 192 Å². The SMILES string of the molecule is [B]1c2ccccc2-n2c3ccccc3c3c(-n4c5ccccc5c5ccccc54)cc(-c4cc5sc6ccccc6c5cc4Nc4ccccc4)c1c32. The Bertz CT molecular complexity index is 3240. The highest BCUT2D eigenvalue weighted by atomic mass is 32.1. The first-order valence-corrected chi connectivity index (χ1v) is 18.9. The van der Waals surface area contributed by atoms with Gasteiger partial charge in [0.05, 0.1) is 27.8 Å². The molecule has 4 heterocycles. The van der Waals surface area contributed by atoms with Crippen LogP contribution in [-0.2, 0) is 0 Å². The Morgan fingerprint density at radius 3 is 1.85 bits per heavy atom. The van der Waals surface area contributed by atoms with Crippen LogP contribution in [0, 0.1) is 0 Å². The van der Waals surface area contributed by atoms with Crippen LogP contribution in [0.2, 0.25) is 0 Å². The number of anilines is 2. The molecule has 0 spiro atoms. The quantitative estimate of drug-likeness (QED) is 0.182. The minimum atomic E-state index is 1.06. The van der Waals surface area contributed by atoms with Crippen molar-refractivity contribution in [3.63, 3.8) is 0 Å². The van der Waals surface area contributed by atoms with Crippen molar-refractivity contribution in [3.8, 4) is 22.5 Å². The van der Waals surface area contributed by atoms with Gasteiger partial charge in [0.15, 0.2) is 7.28 Å². The van der Waals surface area contributed by atoms with E-state index in [1.165, 1.54) is 97.2 Å². The molecule has 0 saturated heterocycles. The van der Waals surface area contributed by atoms with E-state index in [-0.39, 0.29) is 0 Å². The zero-order chi connectivity index (χ0) is 34.6. The van der Waals surface area contributed by atoms with Gasteiger partial charge in [0.1, 0.15) is 0 Å². The molecule has 5 heteroatoms. The predicted octanol–water partition coefficient (Wildman–Crippen LogP) is 11.6. The number of para-hydroxylation sites is 5. The summed E-state index contributed by atoms with van der Waals surface area (Å²) in [5.41, 5.74) is 14.2. The number of nitrogens with zero attached hydrogens (tertiary/aromatic N) is 2. The number of aromatic nitrogens is 2. The van der Waals surface area contributed by atoms with Crippen LogP contribution in [0.1, 0.15) is 0 Å². The van der Waals surface area contributed by atoms with Crippen molar-refractivity contribution in [2.24, 2.45) is 0 Å². The molecule has 1 aliphatic rings. The molecule has 1 aliphatic heterocycles. The molecule has 0 saturated carbocycles. The third kappa shape index (κ3) is 4.11. The average molecular weight is 691 g/mol. The number of nitrogens with one attached hydrogen (secondary N) is 1. The summed E-state index contributed by atoms with van der Waals surface area (Å²) < 4.78 is 7.60. The average Bonchev–Trinajstić information content (AvgIpc) is 3.87. The van der Waals surface area contributed by atoms with Gasteiger partial charge in [0.25, 0.3) is 0 Å². The Hall–Kier alpha value is -6.56. The van der Waals surface area contributed by atoms with Crippen LogP contribution in [0.3, 0.4) is 0 Å². The Balaban J connectivity index is 1.28. The Kier molecular flexibility index (Phi) is 6.02. The second kappa shape index (κ2) is 11.0. The van der Waals surface area contributed by atoms with E-state index in [0.29, 0.717) is 0 Å². The molecule has 12 rings (SSSR count). The first-order chi connectivity index (χ1) is 26.3. The van der Waals surface area contributed by atoms with E-state index >= 15 is 0 Å². The molecule has 0 bridgehead atoms. The van der Waals surface area contributed by atoms with Crippen LogP contribution in [-0.4, -0.2) is 16.4 Å². The summed E-state index contributed by atoms with van der Waals surface area (Å²) >= 11 is 1.87. The zero-order valence-corrected chi connectivity index (χ0v) is 29.4. The van der Waals surface area contributed by atoms with Crippen molar-refractivity contribution >= 4 is 105 Å². The van der Waals surface area contributed by atoms with Gasteiger partial charge in [0.2, 0.25) is 0 Å². The van der Waals surface area contributed by atoms with Gasteiger partial charge in [0, 0.05) is 64.3 Å². The molecule has 53 heavy (non-hydrogen) atoms. The molecular weight excluding hydrogens is 661 g/mol. The molecule has 245 valence electrons. The fraction of sp³-hybridized carbons (Fsp3) is 0. The maximum atomic E-state index is 3.89. The molecule has 1 radical (unpaired) electrons. The molecule has 8 aromatic carbocycles. The Morgan fingerprint density at radius 2 is 1.08 bits per heavy atom. The van der Waals surface area contributed by atoms with Crippen molar-refractivity contribution in [1.29, 1.82) is 0 Å². The lowest BCUT2D eigenvalue weighted by Crippen LogP contribution is -2.37. The second-order valence-electron chi connectivity index (χ2n) is 14.0. The highest BCUT2D eigenvalue weighted by Crippen LogP contribution is 2.45. The van der Waals surface area contributed by atoms with E-state index in [1.807, 2.05) is 11.3 Å². The second-order valence-corrected chi connectivity index (χ2v) is 15.1. The standard InChI is InChI=1S/C48H29BN3S/c1-2-14-29(15-3-1)50-38-26-35-32-18-7-13-25-44(32)53-45(35)28-34(38)36-27-43(51-39-21-9-4-16-30(39)31-17-5-10-22-40(31)51)46-33-19-6-11-23-41(33)52-42-24-12-8-20-37(42)49-47(36)48(46)52/h1-28,50H. The first kappa shape index (κ1) is 29.1. The maximum Gasteiger partial charge on any atom is 0.197 e. The predicted molar refractivity (Wildman–Crippen MR) is 228 cm³/mol. The lowest BCUT2D eigenvalue weighted by atomic mass is 9.59. The van der Waals surface area contributed by atoms with Crippen LogP contribution < -0.4 is 16.2 Å². The van der Waals surface area contributed by atoms with Gasteiger partial charge >= 0.3 is 0 Å². The van der Waals surface area contributed by atoms with Gasteiger partial charge in [-0.15, -0.1) is 11.3 Å². The molecule has 11 aromatic rings. The van der Waals surface area contributed by atoms with E-state index in [4.69, 9.17) is 0 Å². The number of thiophene rings is 1. The first-order valence-electron chi connectivity index (χ1n) is 18.1. The van der Waals surface area contributed by atoms with Gasteiger partial charge in [-0.2, -0.15) is 0 Å². The van der Waals surface area contributed by atoms with E-state index in [1.54, 1.807) is 0 Å². The summed E-state index contributed by atoms with van der Waals surface area (Å²) in [6.07, 6.45) is 0. The normalized spacial score (nSPS) is 12.3. The molecule has 3 nitrogen and oxygen atoms in total. The highest BCUT2D eigenvalue weighted by molar-refractivity contribution is 7.25. The summed E-state index contributed by atoms with van der Waals surface area (Å²) in [6.45, 7) is 0. The topological polar surface area (TPSA) is 21.9 Å². The largest absolute Gasteiger partial charge is 0.355 e. The van der Waals surface area contributed by atoms with Crippen molar-refractivity contribution in [2.75, 3.05) is 5.32 Å². The van der Waals surface area contributed by atoms with Crippen LogP contribution in [0.4, 0.5) is 11.4 Å². The zero-order valence-electron chi connectivity index (χ0n) is 28.5. The minimum Gasteiger partial charge on any atom is -0.355 e. The number of rotatable bonds is 4. The maximum absolute atomic E-state index is 3.89. The van der Waals surface area contributed by atoms with Gasteiger partial charge in [-0.25, -0.2) is 0 Å². The fourth-order valence-electron chi connectivity index (χ4n) is 8.89. The monoisotopic (exact) mass is 690 g/mol. The van der Waals surface area contributed by atoms with Gasteiger partial charge in [-0.05, 0) is 71.7 Å². The van der Waals surface area contributed by atoms with Crippen molar-refractivity contribution < 1.29 is 0 Å². The van der Waals surface area contributed by atoms with E-state index in [9.17, 15) is 0 Å². The minimum absolute atomic E-state index is 1.06. The van der Waals surface area contributed by atoms with Crippen LogP contribution in [0.25, 0.3) is 86.3 Å². The molecule has 0 aliphatic carbocycles. The number of fused-ring (bicyclic) bond motifs is 11. The lowest BCUT2D eigenvalue weighted by Gasteiger charge is -2.25. The summed E-state index contributed by atoms with van der Waals surface area (Å²) in [5.74, 6) is 0. The summed E-state index contributed by atoms with van der Waals surface area (Å²) in [4.78, 5) is 0. The van der Waals surface area contributed by atoms with Gasteiger partial charge in [-0.3, -0.25) is 0 Å². The van der Waals surface area contributed by atoms with Gasteiger partial charge < -0.3 is 14.5 Å². The van der Waals surface area contributed by atoms with Crippen LogP contribution in [0.15, 0.2) is 170 Å². The summed E-state index contributed by atoms with van der Waals surface area (Å²) in [5, 5.41) is 11.5. The van der Waals surface area contributed by atoms with Crippen molar-refractivity contribution in [1.82, 2.24) is 9.13 Å². The van der Waals surface area contributed by atoms with Crippen LogP contribution >= 0.6 is 11.3 Å². The fourth-order valence-corrected chi connectivity index (χ4v) is 10.0. The van der Waals surface area contributed by atoms with E-state index in [0.717, 1.165) is 11.4 Å². The summed E-state index contributed by atoms with van der Waals surface area (Å²) in [6, 6.07) is 62.1. The summed E-state index contributed by atoms with van der Waals surface area (Å²) in [7, 11) is 2.42. The van der Waals surface area contributed by atoms with Gasteiger partial charge in [-0.1, -0.05) is 115 Å². The lowest BCUT2D eigenvalue weighted by molar-refractivity contribution is 1.18. The smallest absolute Gasteiger partial charge is 0.197 e. The number of benzene rings is 8. The molecule has 0 unspecified atom stereocenters. The molecule has 3 aromatic heterocycles. The Labute approximate surface area is 310 Å². The van der Waals surface area contributed by atoms with E-state index < -0.39 is 0 Å². The molecule has 0 amide bonds. The van der Waals surface area contributed by atoms with Crippen molar-refractivity contribution in [2.45, 2.75) is 0 Å².